The molecule has 2 N–H and O–H groups in total. The minimum atomic E-state index is -0.302. The molecule has 5 nitrogen and oxygen atoms in total. The highest BCUT2D eigenvalue weighted by Gasteiger charge is 2.21. The first kappa shape index (κ1) is 14.6. The number of benzene rings is 2. The van der Waals surface area contributed by atoms with Crippen LogP contribution in [0.5, 0.6) is 11.5 Å². The summed E-state index contributed by atoms with van der Waals surface area (Å²) in [5.74, 6) is 1.42. The second-order valence-corrected chi connectivity index (χ2v) is 5.33. The van der Waals surface area contributed by atoms with Gasteiger partial charge >= 0.3 is 6.03 Å². The Kier molecular flexibility index (Phi) is 4.39. The maximum atomic E-state index is 11.9. The molecule has 114 valence electrons. The normalized spacial score (nSPS) is 16.0. The minimum absolute atomic E-state index is 0.216. The number of carbonyl (C=O) groups is 1. The van der Waals surface area contributed by atoms with Crippen LogP contribution < -0.4 is 20.1 Å². The fourth-order valence-corrected chi connectivity index (χ4v) is 2.33. The van der Waals surface area contributed by atoms with Gasteiger partial charge in [-0.05, 0) is 24.3 Å². The summed E-state index contributed by atoms with van der Waals surface area (Å²) in [6, 6.07) is 14.5. The molecule has 1 aliphatic rings. The van der Waals surface area contributed by atoms with Gasteiger partial charge in [0, 0.05) is 4.90 Å². The van der Waals surface area contributed by atoms with E-state index < -0.39 is 0 Å². The highest BCUT2D eigenvalue weighted by molar-refractivity contribution is 7.80. The highest BCUT2D eigenvalue weighted by atomic mass is 32.1. The summed E-state index contributed by atoms with van der Waals surface area (Å²) in [4.78, 5) is 12.6. The number of thiol groups is 1. The van der Waals surface area contributed by atoms with Crippen LogP contribution in [0.4, 0.5) is 10.5 Å². The number of amides is 2. The zero-order valence-electron chi connectivity index (χ0n) is 11.8. The van der Waals surface area contributed by atoms with Crippen LogP contribution >= 0.6 is 12.6 Å². The molecule has 1 aliphatic heterocycles. The Morgan fingerprint density at radius 1 is 1.14 bits per heavy atom. The molecule has 22 heavy (non-hydrogen) atoms. The topological polar surface area (TPSA) is 59.6 Å². The van der Waals surface area contributed by atoms with Gasteiger partial charge in [-0.1, -0.05) is 24.3 Å². The van der Waals surface area contributed by atoms with Crippen LogP contribution in [0.25, 0.3) is 0 Å². The third-order valence-electron chi connectivity index (χ3n) is 3.21. The quantitative estimate of drug-likeness (QED) is 0.763. The van der Waals surface area contributed by atoms with Crippen molar-refractivity contribution in [2.24, 2.45) is 0 Å². The van der Waals surface area contributed by atoms with Crippen molar-refractivity contribution < 1.29 is 14.3 Å². The van der Waals surface area contributed by atoms with E-state index in [1.54, 1.807) is 6.07 Å². The number of nitrogens with one attached hydrogen (secondary N) is 2. The van der Waals surface area contributed by atoms with Gasteiger partial charge in [-0.15, -0.1) is 12.6 Å². The molecule has 1 heterocycles. The lowest BCUT2D eigenvalue weighted by Gasteiger charge is -2.26. The summed E-state index contributed by atoms with van der Waals surface area (Å²) >= 11 is 4.29. The molecule has 6 heteroatoms. The fourth-order valence-electron chi connectivity index (χ4n) is 2.12. The molecule has 2 aromatic carbocycles. The van der Waals surface area contributed by atoms with Gasteiger partial charge in [-0.2, -0.15) is 0 Å². The smallest absolute Gasteiger partial charge is 0.319 e. The number of carbonyl (C=O) groups excluding carboxylic acids is 1. The number of ether oxygens (including phenoxy) is 2. The van der Waals surface area contributed by atoms with Gasteiger partial charge in [0.05, 0.1) is 12.2 Å². The first-order valence-corrected chi connectivity index (χ1v) is 7.38. The predicted molar refractivity (Wildman–Crippen MR) is 87.1 cm³/mol. The van der Waals surface area contributed by atoms with Crippen molar-refractivity contribution in [2.45, 2.75) is 11.0 Å². The largest absolute Gasteiger partial charge is 0.486 e. The number of fused-ring (bicyclic) bond motifs is 1. The van der Waals surface area contributed by atoms with Crippen LogP contribution in [0.15, 0.2) is 53.4 Å². The Labute approximate surface area is 134 Å². The van der Waals surface area contributed by atoms with Crippen molar-refractivity contribution in [2.75, 3.05) is 18.5 Å². The number of hydrogen-bond acceptors (Lipinski definition) is 4. The number of rotatable bonds is 3. The lowest BCUT2D eigenvalue weighted by molar-refractivity contribution is 0.0922. The predicted octanol–water partition coefficient (Wildman–Crippen LogP) is 2.94. The van der Waals surface area contributed by atoms with Crippen LogP contribution in [0.1, 0.15) is 0 Å². The van der Waals surface area contributed by atoms with Crippen molar-refractivity contribution in [1.82, 2.24) is 5.32 Å². The molecular weight excluding hydrogens is 300 g/mol. The van der Waals surface area contributed by atoms with Crippen LogP contribution in [-0.2, 0) is 0 Å². The Bertz CT molecular complexity index is 678. The lowest BCUT2D eigenvalue weighted by atomic mass is 10.2. The van der Waals surface area contributed by atoms with Gasteiger partial charge in [0.15, 0.2) is 17.6 Å². The number of para-hydroxylation sites is 3. The Balaban J connectivity index is 1.51. The van der Waals surface area contributed by atoms with E-state index >= 15 is 0 Å². The fraction of sp³-hybridized carbons (Fsp3) is 0.188. The maximum absolute atomic E-state index is 11.9. The van der Waals surface area contributed by atoms with E-state index in [4.69, 9.17) is 9.47 Å². The van der Waals surface area contributed by atoms with E-state index in [1.165, 1.54) is 0 Å². The van der Waals surface area contributed by atoms with Gasteiger partial charge in [0.25, 0.3) is 0 Å². The summed E-state index contributed by atoms with van der Waals surface area (Å²) in [7, 11) is 0. The van der Waals surface area contributed by atoms with E-state index in [-0.39, 0.29) is 12.1 Å². The summed E-state index contributed by atoms with van der Waals surface area (Å²) in [6.07, 6.45) is -0.216. The molecule has 0 aromatic heterocycles. The zero-order valence-corrected chi connectivity index (χ0v) is 12.7. The second kappa shape index (κ2) is 6.62. The molecule has 0 saturated heterocycles. The first-order chi connectivity index (χ1) is 10.7. The Morgan fingerprint density at radius 2 is 1.86 bits per heavy atom. The molecule has 1 atom stereocenters. The maximum Gasteiger partial charge on any atom is 0.319 e. The van der Waals surface area contributed by atoms with E-state index in [2.05, 4.69) is 23.3 Å². The second-order valence-electron chi connectivity index (χ2n) is 4.85. The summed E-state index contributed by atoms with van der Waals surface area (Å²) in [6.45, 7) is 0.759. The molecular formula is C16H16N2O3S. The Hall–Kier alpha value is -2.34. The monoisotopic (exact) mass is 316 g/mol. The van der Waals surface area contributed by atoms with Crippen LogP contribution in [0.2, 0.25) is 0 Å². The standard InChI is InChI=1S/C16H16N2O3S/c19-16(18-12-5-1-4-8-15(12)22)17-9-11-10-20-13-6-2-3-7-14(13)21-11/h1-8,11,22H,9-10H2,(H2,17,18,19). The molecule has 0 saturated carbocycles. The average Bonchev–Trinajstić information content (AvgIpc) is 2.55. The molecule has 2 amide bonds. The molecule has 0 fully saturated rings. The molecule has 0 bridgehead atoms. The highest BCUT2D eigenvalue weighted by Crippen LogP contribution is 2.30. The number of anilines is 1. The van der Waals surface area contributed by atoms with Gasteiger partial charge in [0.2, 0.25) is 0 Å². The first-order valence-electron chi connectivity index (χ1n) is 6.94. The van der Waals surface area contributed by atoms with Gasteiger partial charge < -0.3 is 20.1 Å². The SMILES string of the molecule is O=C(NCC1COc2ccccc2O1)Nc1ccccc1S. The van der Waals surface area contributed by atoms with Gasteiger partial charge in [-0.25, -0.2) is 4.79 Å². The van der Waals surface area contributed by atoms with Crippen LogP contribution in [0.3, 0.4) is 0 Å². The van der Waals surface area contributed by atoms with E-state index in [0.29, 0.717) is 29.5 Å². The molecule has 1 unspecified atom stereocenters. The van der Waals surface area contributed by atoms with Crippen molar-refractivity contribution in [1.29, 1.82) is 0 Å². The lowest BCUT2D eigenvalue weighted by Crippen LogP contribution is -2.42. The van der Waals surface area contributed by atoms with Crippen molar-refractivity contribution in [3.63, 3.8) is 0 Å². The van der Waals surface area contributed by atoms with Crippen molar-refractivity contribution in [3.8, 4) is 11.5 Å². The van der Waals surface area contributed by atoms with Crippen LogP contribution in [0, 0.1) is 0 Å². The Morgan fingerprint density at radius 3 is 2.68 bits per heavy atom. The van der Waals surface area contributed by atoms with Crippen LogP contribution in [-0.4, -0.2) is 25.3 Å². The van der Waals surface area contributed by atoms with Gasteiger partial charge in [-0.3, -0.25) is 0 Å². The third-order valence-corrected chi connectivity index (χ3v) is 3.60. The number of hydrogen-bond donors (Lipinski definition) is 3. The summed E-state index contributed by atoms with van der Waals surface area (Å²) < 4.78 is 11.4. The van der Waals surface area contributed by atoms with Gasteiger partial charge in [0.1, 0.15) is 6.61 Å². The molecule has 0 aliphatic carbocycles. The van der Waals surface area contributed by atoms with Crippen molar-refractivity contribution in [3.05, 3.63) is 48.5 Å². The average molecular weight is 316 g/mol. The molecule has 0 radical (unpaired) electrons. The summed E-state index contributed by atoms with van der Waals surface area (Å²) in [5, 5.41) is 5.52. The molecule has 3 rings (SSSR count). The molecule has 0 spiro atoms. The third kappa shape index (κ3) is 3.46. The van der Waals surface area contributed by atoms with Crippen molar-refractivity contribution >= 4 is 24.3 Å². The van der Waals surface area contributed by atoms with E-state index in [9.17, 15) is 4.79 Å². The minimum Gasteiger partial charge on any atom is -0.486 e. The molecule has 2 aromatic rings. The number of urea groups is 1. The van der Waals surface area contributed by atoms with E-state index in [1.807, 2.05) is 42.5 Å². The summed E-state index contributed by atoms with van der Waals surface area (Å²) in [5.41, 5.74) is 0.662. The van der Waals surface area contributed by atoms with E-state index in [0.717, 1.165) is 5.75 Å². The zero-order chi connectivity index (χ0) is 15.4.